The summed E-state index contributed by atoms with van der Waals surface area (Å²) in [4.78, 5) is 64.3. The van der Waals surface area contributed by atoms with Crippen molar-refractivity contribution in [3.63, 3.8) is 0 Å². The van der Waals surface area contributed by atoms with Crippen molar-refractivity contribution in [2.24, 2.45) is 11.8 Å². The Morgan fingerprint density at radius 1 is 0.971 bits per heavy atom. The first-order valence-corrected chi connectivity index (χ1v) is 14.3. The Labute approximate surface area is 214 Å². The topological polar surface area (TPSA) is 143 Å². The molecule has 2 rings (SSSR count). The zero-order valence-corrected chi connectivity index (χ0v) is 22.3. The molecule has 0 aromatic heterocycles. The van der Waals surface area contributed by atoms with Gasteiger partial charge in [0.15, 0.2) is 0 Å². The van der Waals surface area contributed by atoms with Gasteiger partial charge in [0, 0.05) is 11.5 Å². The molecule has 0 spiro atoms. The quantitative estimate of drug-likeness (QED) is 0.241. The van der Waals surface area contributed by atoms with Gasteiger partial charge >= 0.3 is 5.97 Å². The van der Waals surface area contributed by atoms with E-state index in [0.717, 1.165) is 5.75 Å². The average molecular weight is 529 g/mol. The molecule has 196 valence electrons. The first kappa shape index (κ1) is 29.0. The number of rotatable bonds is 3. The number of fused-ring (bicyclic) bond motifs is 7. The normalized spacial score (nSPS) is 28.9. The molecule has 0 aliphatic carbocycles. The highest BCUT2D eigenvalue weighted by molar-refractivity contribution is 8.76. The molecule has 2 heterocycles. The fourth-order valence-corrected chi connectivity index (χ4v) is 5.71. The SMILES string of the molecule is CC(C)C[C@H]1NC(=O)[C@H]2CSSCC/C=C/[C@H](CC(=O)N[C@H](C(C)C)C(=O)N2)OC(=O)CNC1=O. The van der Waals surface area contributed by atoms with Gasteiger partial charge in [0.25, 0.3) is 0 Å². The summed E-state index contributed by atoms with van der Waals surface area (Å²) in [5.41, 5.74) is 0. The summed E-state index contributed by atoms with van der Waals surface area (Å²) < 4.78 is 5.44. The van der Waals surface area contributed by atoms with Crippen LogP contribution in [0, 0.1) is 11.8 Å². The van der Waals surface area contributed by atoms with E-state index < -0.39 is 60.4 Å². The van der Waals surface area contributed by atoms with Crippen molar-refractivity contribution < 1.29 is 28.7 Å². The third kappa shape index (κ3) is 10.1. The van der Waals surface area contributed by atoms with E-state index in [1.807, 2.05) is 19.9 Å². The Hall–Kier alpha value is -2.21. The number of ether oxygens (including phenoxy) is 1. The van der Waals surface area contributed by atoms with Crippen LogP contribution in [0.25, 0.3) is 0 Å². The summed E-state index contributed by atoms with van der Waals surface area (Å²) >= 11 is 0. The van der Waals surface area contributed by atoms with E-state index in [0.29, 0.717) is 12.8 Å². The number of carbonyl (C=O) groups is 5. The summed E-state index contributed by atoms with van der Waals surface area (Å²) in [5.74, 6) is -1.83. The lowest BCUT2D eigenvalue weighted by Gasteiger charge is -2.27. The standard InChI is InChI=1S/C23H36N4O6S2/c1-13(2)9-16-21(30)24-11-19(29)33-15-7-5-6-8-34-35-12-17(22(31)25-16)26-23(32)20(14(3)4)27-18(28)10-15/h5,7,13-17,20H,6,8-12H2,1-4H3,(H,24,30)(H,25,31)(H,26,32)(H,27,28)/b7-5+/t15-,16-,17-,20-/m1/s1. The number of hydrogen-bond donors (Lipinski definition) is 4. The highest BCUT2D eigenvalue weighted by Crippen LogP contribution is 2.24. The van der Waals surface area contributed by atoms with E-state index in [1.165, 1.54) is 10.8 Å². The predicted molar refractivity (Wildman–Crippen MR) is 136 cm³/mol. The minimum atomic E-state index is -0.910. The first-order chi connectivity index (χ1) is 16.6. The lowest BCUT2D eigenvalue weighted by molar-refractivity contribution is -0.148. The minimum Gasteiger partial charge on any atom is -0.456 e. The second-order valence-electron chi connectivity index (χ2n) is 9.31. The van der Waals surface area contributed by atoms with Crippen LogP contribution in [0.15, 0.2) is 12.2 Å². The number of allylic oxidation sites excluding steroid dienone is 1. The highest BCUT2D eigenvalue weighted by Gasteiger charge is 2.32. The second kappa shape index (κ2) is 14.4. The fourth-order valence-electron chi connectivity index (χ4n) is 3.55. The Bertz CT molecular complexity index is 820. The second-order valence-corrected chi connectivity index (χ2v) is 11.9. The maximum Gasteiger partial charge on any atom is 0.326 e. The van der Waals surface area contributed by atoms with Crippen LogP contribution in [0.3, 0.4) is 0 Å². The molecule has 35 heavy (non-hydrogen) atoms. The number of carbonyl (C=O) groups excluding carboxylic acids is 5. The van der Waals surface area contributed by atoms with E-state index in [2.05, 4.69) is 21.3 Å². The molecule has 2 aliphatic rings. The van der Waals surface area contributed by atoms with Crippen LogP contribution in [0.4, 0.5) is 0 Å². The van der Waals surface area contributed by atoms with Gasteiger partial charge in [-0.3, -0.25) is 24.0 Å². The summed E-state index contributed by atoms with van der Waals surface area (Å²) in [6, 6.07) is -2.68. The van der Waals surface area contributed by atoms with Crippen molar-refractivity contribution in [1.82, 2.24) is 21.3 Å². The van der Waals surface area contributed by atoms with Crippen molar-refractivity contribution >= 4 is 51.2 Å². The first-order valence-electron chi connectivity index (χ1n) is 11.8. The zero-order valence-electron chi connectivity index (χ0n) is 20.6. The Morgan fingerprint density at radius 2 is 1.71 bits per heavy atom. The number of nitrogens with one attached hydrogen (secondary N) is 4. The molecule has 2 aliphatic heterocycles. The fraction of sp³-hybridized carbons (Fsp3) is 0.696. The van der Waals surface area contributed by atoms with Crippen LogP contribution >= 0.6 is 21.6 Å². The third-order valence-corrected chi connectivity index (χ3v) is 7.80. The monoisotopic (exact) mass is 528 g/mol. The van der Waals surface area contributed by atoms with Crippen LogP contribution < -0.4 is 21.3 Å². The lowest BCUT2D eigenvalue weighted by atomic mass is 10.0. The molecular formula is C23H36N4O6S2. The van der Waals surface area contributed by atoms with E-state index in [9.17, 15) is 24.0 Å². The molecule has 10 nitrogen and oxygen atoms in total. The van der Waals surface area contributed by atoms with Crippen molar-refractivity contribution in [2.75, 3.05) is 18.1 Å². The molecular weight excluding hydrogens is 492 g/mol. The maximum absolute atomic E-state index is 13.2. The number of hydrogen-bond acceptors (Lipinski definition) is 8. The molecule has 0 radical (unpaired) electrons. The molecule has 12 heteroatoms. The van der Waals surface area contributed by atoms with Gasteiger partial charge in [0.1, 0.15) is 30.8 Å². The molecule has 0 aromatic rings. The van der Waals surface area contributed by atoms with E-state index in [1.54, 1.807) is 30.7 Å². The average Bonchev–Trinajstić information content (AvgIpc) is 2.77. The van der Waals surface area contributed by atoms with Crippen molar-refractivity contribution in [1.29, 1.82) is 0 Å². The highest BCUT2D eigenvalue weighted by atomic mass is 33.1. The lowest BCUT2D eigenvalue weighted by Crippen LogP contribution is -2.59. The van der Waals surface area contributed by atoms with Crippen LogP contribution in [0.1, 0.15) is 47.0 Å². The number of esters is 1. The number of amides is 4. The van der Waals surface area contributed by atoms with E-state index >= 15 is 0 Å². The van der Waals surface area contributed by atoms with Gasteiger partial charge in [0.2, 0.25) is 23.6 Å². The van der Waals surface area contributed by atoms with Gasteiger partial charge in [-0.25, -0.2) is 0 Å². The van der Waals surface area contributed by atoms with Crippen LogP contribution in [0.5, 0.6) is 0 Å². The Balaban J connectivity index is 2.45. The van der Waals surface area contributed by atoms with E-state index in [4.69, 9.17) is 4.74 Å². The molecule has 1 saturated heterocycles. The van der Waals surface area contributed by atoms with Crippen LogP contribution in [-0.2, 0) is 28.7 Å². The smallest absolute Gasteiger partial charge is 0.326 e. The molecule has 4 amide bonds. The van der Waals surface area contributed by atoms with Gasteiger partial charge in [0.05, 0.1) is 6.42 Å². The summed E-state index contributed by atoms with van der Waals surface area (Å²) in [6.07, 6.45) is 3.49. The summed E-state index contributed by atoms with van der Waals surface area (Å²) in [6.45, 7) is 7.02. The van der Waals surface area contributed by atoms with Crippen LogP contribution in [0.2, 0.25) is 0 Å². The molecule has 1 fully saturated rings. The Kier molecular flexibility index (Phi) is 11.9. The third-order valence-electron chi connectivity index (χ3n) is 5.35. The predicted octanol–water partition coefficient (Wildman–Crippen LogP) is 0.916. The molecule has 0 unspecified atom stereocenters. The maximum atomic E-state index is 13.2. The summed E-state index contributed by atoms with van der Waals surface area (Å²) in [5, 5.41) is 10.7. The minimum absolute atomic E-state index is 0.0886. The molecule has 0 aromatic carbocycles. The Morgan fingerprint density at radius 3 is 2.40 bits per heavy atom. The van der Waals surface area contributed by atoms with Gasteiger partial charge in [-0.1, -0.05) is 55.4 Å². The van der Waals surface area contributed by atoms with Gasteiger partial charge in [-0.15, -0.1) is 0 Å². The molecule has 4 N–H and O–H groups in total. The summed E-state index contributed by atoms with van der Waals surface area (Å²) in [7, 11) is 2.98. The van der Waals surface area contributed by atoms with Gasteiger partial charge in [-0.05, 0) is 30.8 Å². The van der Waals surface area contributed by atoms with Gasteiger partial charge < -0.3 is 26.0 Å². The zero-order chi connectivity index (χ0) is 26.0. The molecule has 0 saturated carbocycles. The molecule has 4 atom stereocenters. The largest absolute Gasteiger partial charge is 0.456 e. The van der Waals surface area contributed by atoms with Crippen LogP contribution in [-0.4, -0.2) is 71.9 Å². The van der Waals surface area contributed by atoms with E-state index in [-0.39, 0.29) is 24.0 Å². The van der Waals surface area contributed by atoms with Crippen molar-refractivity contribution in [2.45, 2.75) is 71.2 Å². The van der Waals surface area contributed by atoms with Crippen molar-refractivity contribution in [3.8, 4) is 0 Å². The van der Waals surface area contributed by atoms with Gasteiger partial charge in [-0.2, -0.15) is 0 Å². The van der Waals surface area contributed by atoms with Crippen molar-refractivity contribution in [3.05, 3.63) is 12.2 Å². The molecule has 2 bridgehead atoms.